The zero-order valence-electron chi connectivity index (χ0n) is 5.70. The summed E-state index contributed by atoms with van der Waals surface area (Å²) >= 11 is 0. The second-order valence-corrected chi connectivity index (χ2v) is 1.59. The minimum Gasteiger partial charge on any atom is -0.478 e. The van der Waals surface area contributed by atoms with Gasteiger partial charge in [-0.2, -0.15) is 0 Å². The molecule has 0 unspecified atom stereocenters. The molecule has 2 N–H and O–H groups in total. The van der Waals surface area contributed by atoms with Crippen molar-refractivity contribution in [1.82, 2.24) is 5.32 Å². The number of carboxylic acids is 1. The Balaban J connectivity index is 3.51. The minimum absolute atomic E-state index is 0.134. The molecule has 0 spiro atoms. The zero-order chi connectivity index (χ0) is 8.69. The van der Waals surface area contributed by atoms with Crippen molar-refractivity contribution in [2.75, 3.05) is 6.54 Å². The SMILES string of the molecule is C#CC(=O)NC/C=C/C(=O)O. The lowest BCUT2D eigenvalue weighted by molar-refractivity contribution is -0.131. The monoisotopic (exact) mass is 153 g/mol. The Bertz CT molecular complexity index is 224. The lowest BCUT2D eigenvalue weighted by Gasteiger charge is -1.91. The van der Waals surface area contributed by atoms with E-state index in [2.05, 4.69) is 5.32 Å². The van der Waals surface area contributed by atoms with Crippen LogP contribution in [-0.4, -0.2) is 23.5 Å². The van der Waals surface area contributed by atoms with Crippen molar-refractivity contribution in [2.45, 2.75) is 0 Å². The Labute approximate surface area is 63.9 Å². The van der Waals surface area contributed by atoms with Gasteiger partial charge in [-0.1, -0.05) is 6.08 Å². The van der Waals surface area contributed by atoms with Crippen molar-refractivity contribution in [3.63, 3.8) is 0 Å². The summed E-state index contributed by atoms with van der Waals surface area (Å²) in [6.07, 6.45) is 6.93. The van der Waals surface area contributed by atoms with Crippen LogP contribution in [0.2, 0.25) is 0 Å². The molecule has 58 valence electrons. The van der Waals surface area contributed by atoms with Crippen molar-refractivity contribution >= 4 is 11.9 Å². The average Bonchev–Trinajstić information content (AvgIpc) is 1.97. The van der Waals surface area contributed by atoms with E-state index in [0.717, 1.165) is 6.08 Å². The molecule has 0 aromatic heterocycles. The van der Waals surface area contributed by atoms with E-state index in [1.807, 2.05) is 5.92 Å². The third-order valence-corrected chi connectivity index (χ3v) is 0.772. The molecule has 0 aromatic carbocycles. The van der Waals surface area contributed by atoms with Crippen LogP contribution in [0.1, 0.15) is 0 Å². The van der Waals surface area contributed by atoms with Gasteiger partial charge in [0.1, 0.15) is 0 Å². The molecular formula is C7H7NO3. The maximum absolute atomic E-state index is 10.3. The third kappa shape index (κ3) is 6.12. The zero-order valence-corrected chi connectivity index (χ0v) is 5.70. The number of carbonyl (C=O) groups is 2. The molecule has 11 heavy (non-hydrogen) atoms. The van der Waals surface area contributed by atoms with Crippen molar-refractivity contribution in [3.05, 3.63) is 12.2 Å². The molecule has 0 heterocycles. The predicted octanol–water partition coefficient (Wildman–Crippen LogP) is -0.623. The first-order valence-electron chi connectivity index (χ1n) is 2.80. The van der Waals surface area contributed by atoms with Crippen molar-refractivity contribution in [2.24, 2.45) is 0 Å². The van der Waals surface area contributed by atoms with Gasteiger partial charge in [0, 0.05) is 12.6 Å². The second kappa shape index (κ2) is 5.06. The van der Waals surface area contributed by atoms with Crippen LogP contribution < -0.4 is 5.32 Å². The summed E-state index contributed by atoms with van der Waals surface area (Å²) in [7, 11) is 0. The molecule has 0 rings (SSSR count). The van der Waals surface area contributed by atoms with Gasteiger partial charge >= 0.3 is 5.97 Å². The number of carbonyl (C=O) groups excluding carboxylic acids is 1. The van der Waals surface area contributed by atoms with E-state index in [9.17, 15) is 9.59 Å². The van der Waals surface area contributed by atoms with Gasteiger partial charge in [-0.25, -0.2) is 4.79 Å². The summed E-state index contributed by atoms with van der Waals surface area (Å²) < 4.78 is 0. The highest BCUT2D eigenvalue weighted by Gasteiger charge is 1.89. The molecule has 4 heteroatoms. The lowest BCUT2D eigenvalue weighted by atomic mass is 10.5. The van der Waals surface area contributed by atoms with Crippen LogP contribution in [0.5, 0.6) is 0 Å². The average molecular weight is 153 g/mol. The van der Waals surface area contributed by atoms with E-state index >= 15 is 0 Å². The number of carboxylic acid groups (broad SMARTS) is 1. The highest BCUT2D eigenvalue weighted by atomic mass is 16.4. The van der Waals surface area contributed by atoms with Crippen molar-refractivity contribution in [1.29, 1.82) is 0 Å². The van der Waals surface area contributed by atoms with E-state index in [1.54, 1.807) is 0 Å². The topological polar surface area (TPSA) is 66.4 Å². The van der Waals surface area contributed by atoms with Gasteiger partial charge in [0.2, 0.25) is 0 Å². The maximum atomic E-state index is 10.3. The van der Waals surface area contributed by atoms with Gasteiger partial charge in [0.05, 0.1) is 0 Å². The number of rotatable bonds is 3. The van der Waals surface area contributed by atoms with Gasteiger partial charge in [-0.15, -0.1) is 6.42 Å². The third-order valence-electron chi connectivity index (χ3n) is 0.772. The molecular weight excluding hydrogens is 146 g/mol. The van der Waals surface area contributed by atoms with Gasteiger partial charge in [0.25, 0.3) is 5.91 Å². The van der Waals surface area contributed by atoms with Crippen molar-refractivity contribution < 1.29 is 14.7 Å². The molecule has 0 aliphatic rings. The fourth-order valence-corrected chi connectivity index (χ4v) is 0.362. The van der Waals surface area contributed by atoms with Gasteiger partial charge in [0.15, 0.2) is 0 Å². The van der Waals surface area contributed by atoms with Crippen LogP contribution >= 0.6 is 0 Å². The standard InChI is InChI=1S/C7H7NO3/c1-2-6(9)8-5-3-4-7(10)11/h1,3-4H,5H2,(H,8,9)(H,10,11)/b4-3+. The molecule has 0 saturated carbocycles. The second-order valence-electron chi connectivity index (χ2n) is 1.59. The quantitative estimate of drug-likeness (QED) is 0.419. The number of aliphatic carboxylic acids is 1. The van der Waals surface area contributed by atoms with Crippen LogP contribution in [-0.2, 0) is 9.59 Å². The van der Waals surface area contributed by atoms with E-state index in [-0.39, 0.29) is 6.54 Å². The molecule has 0 aliphatic carbocycles. The molecule has 0 fully saturated rings. The number of hydrogen-bond acceptors (Lipinski definition) is 2. The first-order chi connectivity index (χ1) is 5.16. The molecule has 0 aromatic rings. The molecule has 0 atom stereocenters. The maximum Gasteiger partial charge on any atom is 0.328 e. The Kier molecular flexibility index (Phi) is 4.25. The molecule has 1 amide bonds. The van der Waals surface area contributed by atoms with Crippen LogP contribution in [0.25, 0.3) is 0 Å². The smallest absolute Gasteiger partial charge is 0.328 e. The molecule has 0 saturated heterocycles. The van der Waals surface area contributed by atoms with E-state index in [1.165, 1.54) is 6.08 Å². The summed E-state index contributed by atoms with van der Waals surface area (Å²) in [5, 5.41) is 10.4. The van der Waals surface area contributed by atoms with Gasteiger partial charge in [-0.05, 0) is 5.92 Å². The van der Waals surface area contributed by atoms with Crippen LogP contribution in [0.3, 0.4) is 0 Å². The fraction of sp³-hybridized carbons (Fsp3) is 0.143. The molecule has 0 bridgehead atoms. The fourth-order valence-electron chi connectivity index (χ4n) is 0.362. The Morgan fingerprint density at radius 1 is 1.64 bits per heavy atom. The number of amides is 1. The van der Waals surface area contributed by atoms with Gasteiger partial charge < -0.3 is 10.4 Å². The lowest BCUT2D eigenvalue weighted by Crippen LogP contribution is -2.21. The molecule has 4 nitrogen and oxygen atoms in total. The van der Waals surface area contributed by atoms with Crippen LogP contribution in [0.4, 0.5) is 0 Å². The summed E-state index contributed by atoms with van der Waals surface area (Å²) in [4.78, 5) is 20.2. The first-order valence-corrected chi connectivity index (χ1v) is 2.80. The number of hydrogen-bond donors (Lipinski definition) is 2. The Hall–Kier alpha value is -1.76. The number of nitrogens with one attached hydrogen (secondary N) is 1. The van der Waals surface area contributed by atoms with Crippen LogP contribution in [0, 0.1) is 12.3 Å². The van der Waals surface area contributed by atoms with Gasteiger partial charge in [-0.3, -0.25) is 4.79 Å². The first kappa shape index (κ1) is 9.24. The summed E-state index contributed by atoms with van der Waals surface area (Å²) in [5.41, 5.74) is 0. The molecule has 0 aliphatic heterocycles. The minimum atomic E-state index is -1.06. The van der Waals surface area contributed by atoms with E-state index < -0.39 is 11.9 Å². The number of terminal acetylenes is 1. The highest BCUT2D eigenvalue weighted by molar-refractivity contribution is 5.92. The summed E-state index contributed by atoms with van der Waals surface area (Å²) in [5.74, 6) is 0.211. The molecule has 0 radical (unpaired) electrons. The summed E-state index contributed by atoms with van der Waals surface area (Å²) in [6, 6.07) is 0. The van der Waals surface area contributed by atoms with Crippen molar-refractivity contribution in [3.8, 4) is 12.3 Å². The predicted molar refractivity (Wildman–Crippen MR) is 38.6 cm³/mol. The summed E-state index contributed by atoms with van der Waals surface area (Å²) in [6.45, 7) is 0.134. The van der Waals surface area contributed by atoms with Crippen LogP contribution in [0.15, 0.2) is 12.2 Å². The Morgan fingerprint density at radius 3 is 2.73 bits per heavy atom. The largest absolute Gasteiger partial charge is 0.478 e. The van der Waals surface area contributed by atoms with E-state index in [0.29, 0.717) is 0 Å². The highest BCUT2D eigenvalue weighted by Crippen LogP contribution is 1.70. The normalized spacial score (nSPS) is 9.00. The Morgan fingerprint density at radius 2 is 2.27 bits per heavy atom. The van der Waals surface area contributed by atoms with E-state index in [4.69, 9.17) is 11.5 Å².